The molecule has 32 heavy (non-hydrogen) atoms. The minimum Gasteiger partial charge on any atom is -0.457 e. The maximum atomic E-state index is 13.0. The molecule has 0 aliphatic carbocycles. The van der Waals surface area contributed by atoms with E-state index in [9.17, 15) is 9.18 Å². The lowest BCUT2D eigenvalue weighted by Gasteiger charge is -2.11. The molecular weight excluding hydrogens is 520 g/mol. The highest BCUT2D eigenvalue weighted by Crippen LogP contribution is 2.26. The van der Waals surface area contributed by atoms with E-state index in [0.29, 0.717) is 44.1 Å². The Bertz CT molecular complexity index is 1260. The standard InChI is InChI=1S/C23H15BrCl2FN3O2/c24-15-9-21(30(13-15)22-20(26)10-16(25)12-28-22)23(31)29-11-14-1-5-18(6-2-14)32-19-7-3-17(27)4-8-19/h1-10,12-13H,11H2,(H,29,31). The smallest absolute Gasteiger partial charge is 0.268 e. The van der Waals surface area contributed by atoms with Crippen LogP contribution >= 0.6 is 39.1 Å². The van der Waals surface area contributed by atoms with Crippen molar-refractivity contribution in [3.8, 4) is 17.3 Å². The Morgan fingerprint density at radius 3 is 2.38 bits per heavy atom. The Labute approximate surface area is 201 Å². The highest BCUT2D eigenvalue weighted by atomic mass is 79.9. The number of ether oxygens (including phenoxy) is 1. The lowest BCUT2D eigenvalue weighted by molar-refractivity contribution is 0.0944. The van der Waals surface area contributed by atoms with Gasteiger partial charge in [0.05, 0.1) is 10.0 Å². The first-order chi connectivity index (χ1) is 15.4. The molecule has 0 atom stereocenters. The molecule has 9 heteroatoms. The van der Waals surface area contributed by atoms with Crippen molar-refractivity contribution in [1.29, 1.82) is 0 Å². The zero-order valence-electron chi connectivity index (χ0n) is 16.4. The van der Waals surface area contributed by atoms with Crippen molar-refractivity contribution in [2.45, 2.75) is 6.54 Å². The summed E-state index contributed by atoms with van der Waals surface area (Å²) in [5, 5.41) is 3.62. The Kier molecular flexibility index (Phi) is 6.79. The normalized spacial score (nSPS) is 10.8. The summed E-state index contributed by atoms with van der Waals surface area (Å²) in [6, 6.07) is 16.3. The average Bonchev–Trinajstić information content (AvgIpc) is 3.16. The molecule has 0 radical (unpaired) electrons. The summed E-state index contributed by atoms with van der Waals surface area (Å²) in [7, 11) is 0. The van der Waals surface area contributed by atoms with Gasteiger partial charge in [-0.1, -0.05) is 35.3 Å². The number of halogens is 4. The number of aromatic nitrogens is 2. The van der Waals surface area contributed by atoms with Gasteiger partial charge in [-0.15, -0.1) is 0 Å². The van der Waals surface area contributed by atoms with Gasteiger partial charge in [0.25, 0.3) is 5.91 Å². The number of carbonyl (C=O) groups excluding carboxylic acids is 1. The summed E-state index contributed by atoms with van der Waals surface area (Å²) in [6.45, 7) is 0.306. The maximum Gasteiger partial charge on any atom is 0.268 e. The first kappa shape index (κ1) is 22.3. The molecule has 2 aromatic carbocycles. The van der Waals surface area contributed by atoms with Crippen LogP contribution in [0.15, 0.2) is 77.5 Å². The molecular formula is C23H15BrCl2FN3O2. The molecule has 0 spiro atoms. The van der Waals surface area contributed by atoms with Gasteiger partial charge in [0.1, 0.15) is 23.0 Å². The molecule has 4 aromatic rings. The van der Waals surface area contributed by atoms with E-state index in [1.807, 2.05) is 12.1 Å². The van der Waals surface area contributed by atoms with Gasteiger partial charge >= 0.3 is 0 Å². The quantitative estimate of drug-likeness (QED) is 0.296. The van der Waals surface area contributed by atoms with Crippen LogP contribution in [0.1, 0.15) is 16.1 Å². The van der Waals surface area contributed by atoms with E-state index in [-0.39, 0.29) is 11.7 Å². The number of hydrogen-bond donors (Lipinski definition) is 1. The number of rotatable bonds is 6. The van der Waals surface area contributed by atoms with E-state index in [1.165, 1.54) is 18.3 Å². The minimum absolute atomic E-state index is 0.296. The summed E-state index contributed by atoms with van der Waals surface area (Å²) < 4.78 is 21.0. The van der Waals surface area contributed by atoms with E-state index >= 15 is 0 Å². The van der Waals surface area contributed by atoms with Gasteiger partial charge in [-0.25, -0.2) is 9.37 Å². The number of nitrogens with one attached hydrogen (secondary N) is 1. The van der Waals surface area contributed by atoms with Gasteiger partial charge in [-0.2, -0.15) is 0 Å². The molecule has 0 aliphatic heterocycles. The van der Waals surface area contributed by atoms with Crippen molar-refractivity contribution in [2.24, 2.45) is 0 Å². The summed E-state index contributed by atoms with van der Waals surface area (Å²) >= 11 is 15.6. The summed E-state index contributed by atoms with van der Waals surface area (Å²) in [5.41, 5.74) is 1.24. The van der Waals surface area contributed by atoms with E-state index in [0.717, 1.165) is 5.56 Å². The number of nitrogens with zero attached hydrogens (tertiary/aromatic N) is 2. The Hall–Kier alpha value is -2.87. The van der Waals surface area contributed by atoms with Crippen LogP contribution in [0.3, 0.4) is 0 Å². The van der Waals surface area contributed by atoms with Gasteiger partial charge in [0, 0.05) is 23.4 Å². The van der Waals surface area contributed by atoms with Crippen LogP contribution in [0.2, 0.25) is 10.0 Å². The van der Waals surface area contributed by atoms with Crippen LogP contribution in [0.25, 0.3) is 5.82 Å². The Morgan fingerprint density at radius 1 is 1.06 bits per heavy atom. The lowest BCUT2D eigenvalue weighted by atomic mass is 10.2. The second kappa shape index (κ2) is 9.73. The topological polar surface area (TPSA) is 56.1 Å². The molecule has 5 nitrogen and oxygen atoms in total. The zero-order chi connectivity index (χ0) is 22.7. The van der Waals surface area contributed by atoms with E-state index < -0.39 is 0 Å². The van der Waals surface area contributed by atoms with Crippen molar-refractivity contribution in [3.63, 3.8) is 0 Å². The zero-order valence-corrected chi connectivity index (χ0v) is 19.5. The predicted molar refractivity (Wildman–Crippen MR) is 125 cm³/mol. The SMILES string of the molecule is O=C(NCc1ccc(Oc2ccc(F)cc2)cc1)c1cc(Br)cn1-c1ncc(Cl)cc1Cl. The van der Waals surface area contributed by atoms with Crippen LogP contribution < -0.4 is 10.1 Å². The minimum atomic E-state index is -0.323. The summed E-state index contributed by atoms with van der Waals surface area (Å²) in [4.78, 5) is 17.1. The van der Waals surface area contributed by atoms with Gasteiger partial charge in [0.2, 0.25) is 0 Å². The van der Waals surface area contributed by atoms with Crippen molar-refractivity contribution >= 4 is 45.0 Å². The lowest BCUT2D eigenvalue weighted by Crippen LogP contribution is -2.25. The Balaban J connectivity index is 1.43. The summed E-state index contributed by atoms with van der Waals surface area (Å²) in [5.74, 6) is 0.918. The first-order valence-electron chi connectivity index (χ1n) is 9.39. The van der Waals surface area contributed by atoms with Crippen molar-refractivity contribution in [1.82, 2.24) is 14.9 Å². The monoisotopic (exact) mass is 533 g/mol. The first-order valence-corrected chi connectivity index (χ1v) is 10.9. The number of hydrogen-bond acceptors (Lipinski definition) is 3. The molecule has 2 aromatic heterocycles. The van der Waals surface area contributed by atoms with Gasteiger partial charge in [-0.3, -0.25) is 9.36 Å². The average molecular weight is 535 g/mol. The van der Waals surface area contributed by atoms with Crippen molar-refractivity contribution < 1.29 is 13.9 Å². The largest absolute Gasteiger partial charge is 0.457 e. The van der Waals surface area contributed by atoms with Crippen LogP contribution in [0.4, 0.5) is 4.39 Å². The molecule has 0 fully saturated rings. The highest BCUT2D eigenvalue weighted by Gasteiger charge is 2.17. The summed E-state index contributed by atoms with van der Waals surface area (Å²) in [6.07, 6.45) is 3.17. The van der Waals surface area contributed by atoms with E-state index in [2.05, 4.69) is 26.2 Å². The fourth-order valence-corrected chi connectivity index (χ4v) is 3.84. The molecule has 0 unspecified atom stereocenters. The van der Waals surface area contributed by atoms with Crippen LogP contribution in [0, 0.1) is 5.82 Å². The molecule has 0 bridgehead atoms. The predicted octanol–water partition coefficient (Wildman–Crippen LogP) is 6.80. The van der Waals surface area contributed by atoms with Gasteiger partial charge < -0.3 is 10.1 Å². The van der Waals surface area contributed by atoms with Crippen molar-refractivity contribution in [2.75, 3.05) is 0 Å². The number of carbonyl (C=O) groups is 1. The van der Waals surface area contributed by atoms with Crippen molar-refractivity contribution in [3.05, 3.63) is 105 Å². The maximum absolute atomic E-state index is 13.0. The number of amides is 1. The van der Waals surface area contributed by atoms with Crippen LogP contribution in [0.5, 0.6) is 11.5 Å². The molecule has 1 amide bonds. The van der Waals surface area contributed by atoms with Gasteiger partial charge in [-0.05, 0) is 70.0 Å². The second-order valence-electron chi connectivity index (χ2n) is 6.76. The van der Waals surface area contributed by atoms with Gasteiger partial charge in [0.15, 0.2) is 5.82 Å². The molecule has 4 rings (SSSR count). The third kappa shape index (κ3) is 5.30. The number of benzene rings is 2. The molecule has 1 N–H and O–H groups in total. The van der Waals surface area contributed by atoms with E-state index in [4.69, 9.17) is 27.9 Å². The molecule has 0 aliphatic rings. The van der Waals surface area contributed by atoms with Crippen LogP contribution in [-0.4, -0.2) is 15.5 Å². The third-order valence-electron chi connectivity index (χ3n) is 4.46. The van der Waals surface area contributed by atoms with Crippen LogP contribution in [-0.2, 0) is 6.54 Å². The Morgan fingerprint density at radius 2 is 1.72 bits per heavy atom. The molecule has 162 valence electrons. The third-order valence-corrected chi connectivity index (χ3v) is 5.38. The number of pyridine rings is 1. The highest BCUT2D eigenvalue weighted by molar-refractivity contribution is 9.10. The molecule has 0 saturated heterocycles. The molecule has 2 heterocycles. The fraction of sp³-hybridized carbons (Fsp3) is 0.0435. The second-order valence-corrected chi connectivity index (χ2v) is 8.51. The fourth-order valence-electron chi connectivity index (χ4n) is 2.95. The van der Waals surface area contributed by atoms with E-state index in [1.54, 1.807) is 47.2 Å². The molecule has 0 saturated carbocycles.